The molecule has 3 saturated heterocycles. The summed E-state index contributed by atoms with van der Waals surface area (Å²) in [6, 6.07) is 63.7. The second-order valence-corrected chi connectivity index (χ2v) is 18.5. The van der Waals surface area contributed by atoms with Crippen LogP contribution in [0.15, 0.2) is 200 Å². The lowest BCUT2D eigenvalue weighted by molar-refractivity contribution is 0.0941. The van der Waals surface area contributed by atoms with Crippen LogP contribution in [0.3, 0.4) is 0 Å². The zero-order chi connectivity index (χ0) is 46.9. The molecule has 0 amide bonds. The number of hydrogen-bond donors (Lipinski definition) is 3. The molecule has 3 fully saturated rings. The quantitative estimate of drug-likeness (QED) is 0.0896. The first-order chi connectivity index (χ1) is 33.5. The molecule has 6 atom stereocenters. The molecule has 3 aliphatic heterocycles. The van der Waals surface area contributed by atoms with Gasteiger partial charge < -0.3 is 16.0 Å². The molecular weight excluding hydrogens is 831 g/mol. The molecule has 68 heavy (non-hydrogen) atoms. The van der Waals surface area contributed by atoms with Gasteiger partial charge in [-0.3, -0.25) is 9.59 Å². The molecule has 3 heterocycles. The van der Waals surface area contributed by atoms with Gasteiger partial charge in [0.05, 0.1) is 0 Å². The summed E-state index contributed by atoms with van der Waals surface area (Å²) in [6.45, 7) is 0. The number of ketones is 2. The van der Waals surface area contributed by atoms with Crippen molar-refractivity contribution in [1.82, 2.24) is 16.0 Å². The fourth-order valence-electron chi connectivity index (χ4n) is 9.46. The second-order valence-electron chi connectivity index (χ2n) is 18.5. The third-order valence-electron chi connectivity index (χ3n) is 13.2. The Kier molecular flexibility index (Phi) is 20.6. The third kappa shape index (κ3) is 17.8. The summed E-state index contributed by atoms with van der Waals surface area (Å²) in [5, 5.41) is 11.0. The van der Waals surface area contributed by atoms with Gasteiger partial charge in [-0.2, -0.15) is 0 Å². The maximum Gasteiger partial charge on any atom is 0.164 e. The van der Waals surface area contributed by atoms with Crippen molar-refractivity contribution in [3.63, 3.8) is 0 Å². The molecule has 350 valence electrons. The van der Waals surface area contributed by atoms with Gasteiger partial charge in [0, 0.05) is 60.2 Å². The average Bonchev–Trinajstić information content (AvgIpc) is 3.41. The molecule has 6 aromatic carbocycles. The highest BCUT2D eigenvalue weighted by molar-refractivity contribution is 5.97. The Bertz CT molecular complexity index is 2310. The van der Waals surface area contributed by atoms with E-state index in [2.05, 4.69) is 174 Å². The van der Waals surface area contributed by atoms with Crippen molar-refractivity contribution in [2.24, 2.45) is 0 Å². The molecule has 5 heteroatoms. The van der Waals surface area contributed by atoms with Crippen LogP contribution in [0.25, 0.3) is 18.2 Å². The molecule has 0 spiro atoms. The number of benzene rings is 6. The van der Waals surface area contributed by atoms with Crippen molar-refractivity contribution in [3.8, 4) is 0 Å². The van der Waals surface area contributed by atoms with Gasteiger partial charge in [0.15, 0.2) is 11.6 Å². The van der Waals surface area contributed by atoms with E-state index in [1.807, 2.05) is 60.7 Å². The molecule has 0 saturated carbocycles. The highest BCUT2D eigenvalue weighted by Crippen LogP contribution is 2.22. The van der Waals surface area contributed by atoms with Crippen molar-refractivity contribution in [3.05, 3.63) is 234 Å². The summed E-state index contributed by atoms with van der Waals surface area (Å²) in [5.74, 6) is 0.339. The summed E-state index contributed by atoms with van der Waals surface area (Å²) in [4.78, 5) is 24.7. The molecule has 6 aromatic rings. The first-order valence-corrected chi connectivity index (χ1v) is 25.2. The lowest BCUT2D eigenvalue weighted by atomic mass is 9.90. The maximum absolute atomic E-state index is 12.4. The van der Waals surface area contributed by atoms with Gasteiger partial charge in [0.25, 0.3) is 0 Å². The van der Waals surface area contributed by atoms with Crippen molar-refractivity contribution in [2.75, 3.05) is 0 Å². The largest absolute Gasteiger partial charge is 0.310 e. The van der Waals surface area contributed by atoms with E-state index in [0.717, 1.165) is 30.4 Å². The van der Waals surface area contributed by atoms with Crippen molar-refractivity contribution in [2.45, 2.75) is 120 Å². The van der Waals surface area contributed by atoms with Gasteiger partial charge in [-0.25, -0.2) is 0 Å². The molecule has 0 aromatic heterocycles. The number of aryl methyl sites for hydroxylation is 1. The van der Waals surface area contributed by atoms with E-state index in [-0.39, 0.29) is 23.7 Å². The predicted octanol–water partition coefficient (Wildman–Crippen LogP) is 13.8. The van der Waals surface area contributed by atoms with Crippen LogP contribution >= 0.6 is 0 Å². The first kappa shape index (κ1) is 49.7. The van der Waals surface area contributed by atoms with Gasteiger partial charge in [-0.1, -0.05) is 231 Å². The van der Waals surface area contributed by atoms with Gasteiger partial charge in [0.1, 0.15) is 0 Å². The predicted molar refractivity (Wildman–Crippen MR) is 286 cm³/mol. The second kappa shape index (κ2) is 28.2. The number of Topliss-reactive ketones (excluding diaryl/α,β-unsaturated/α-hetero) is 2. The van der Waals surface area contributed by atoms with E-state index >= 15 is 0 Å². The molecule has 0 bridgehead atoms. The molecule has 0 unspecified atom stereocenters. The summed E-state index contributed by atoms with van der Waals surface area (Å²) in [5.41, 5.74) is 6.81. The Morgan fingerprint density at radius 3 is 1.15 bits per heavy atom. The topological polar surface area (TPSA) is 70.2 Å². The smallest absolute Gasteiger partial charge is 0.164 e. The van der Waals surface area contributed by atoms with Crippen molar-refractivity contribution in [1.29, 1.82) is 0 Å². The molecule has 9 rings (SSSR count). The normalized spacial score (nSPS) is 21.6. The Morgan fingerprint density at radius 1 is 0.382 bits per heavy atom. The SMILES string of the molecule is C(=C\[C@@H]1CCC[C@@H](CCc2ccccc2)N1)/c1ccccc1.C(=C\[C@@H]1CCC[C@H](/C=C/c2ccccc2)N1)/c1ccccc1.O=C(C[C@H]1CCC[C@@H](CC(=O)c2ccccc2)N1)c1ccccc1. The highest BCUT2D eigenvalue weighted by Gasteiger charge is 2.25. The number of piperidine rings is 3. The average molecular weight is 902 g/mol. The Balaban J connectivity index is 0.000000151. The molecule has 0 aliphatic carbocycles. The Hall–Kier alpha value is -6.24. The minimum Gasteiger partial charge on any atom is -0.310 e. The minimum absolute atomic E-state index is 0.167. The summed E-state index contributed by atoms with van der Waals surface area (Å²) in [6.07, 6.45) is 27.7. The van der Waals surface area contributed by atoms with E-state index in [9.17, 15) is 9.59 Å². The summed E-state index contributed by atoms with van der Waals surface area (Å²) in [7, 11) is 0. The fourth-order valence-corrected chi connectivity index (χ4v) is 9.46. The molecule has 0 radical (unpaired) electrons. The number of nitrogens with one attached hydrogen (secondary N) is 3. The van der Waals surface area contributed by atoms with Crippen LogP contribution in [-0.2, 0) is 6.42 Å². The highest BCUT2D eigenvalue weighted by atomic mass is 16.1. The van der Waals surface area contributed by atoms with Crippen LogP contribution in [0.4, 0.5) is 0 Å². The van der Waals surface area contributed by atoms with E-state index in [4.69, 9.17) is 0 Å². The molecule has 5 nitrogen and oxygen atoms in total. The third-order valence-corrected chi connectivity index (χ3v) is 13.2. The van der Waals surface area contributed by atoms with Crippen molar-refractivity contribution < 1.29 is 9.59 Å². The molecular formula is C63H71N3O2. The minimum atomic E-state index is 0.167. The van der Waals surface area contributed by atoms with Crippen LogP contribution in [0.2, 0.25) is 0 Å². The zero-order valence-electron chi connectivity index (χ0n) is 39.8. The van der Waals surface area contributed by atoms with Crippen LogP contribution in [0, 0.1) is 0 Å². The van der Waals surface area contributed by atoms with Crippen LogP contribution in [0.1, 0.15) is 120 Å². The monoisotopic (exact) mass is 902 g/mol. The number of rotatable bonds is 15. The first-order valence-electron chi connectivity index (χ1n) is 25.2. The lowest BCUT2D eigenvalue weighted by Gasteiger charge is -2.30. The maximum atomic E-state index is 12.4. The zero-order valence-corrected chi connectivity index (χ0v) is 39.8. The number of hydrogen-bond acceptors (Lipinski definition) is 5. The standard InChI is InChI=1S/C21H23NO2.C21H25N.C21H23N/c23-20(16-8-3-1-4-9-16)14-18-12-7-13-19(22-18)15-21(24)17-10-5-2-6-11-17;2*1-3-8-18(9-4-1)14-16-20-12-7-13-21(22-20)17-15-19-10-5-2-6-11-19/h1-6,8-11,18-19,22H,7,12-15H2;1-6,8-11,14,16,20-22H,7,12-13,15,17H2;1-6,8-11,14-17,20-22H,7,12-13H2/b;16-14+;16-14+,17-15+/t18-,19+;20-,21-;20-,21+/m.0./s1. The van der Waals surface area contributed by atoms with Crippen LogP contribution in [0.5, 0.6) is 0 Å². The van der Waals surface area contributed by atoms with E-state index in [1.54, 1.807) is 0 Å². The molecule has 3 aliphatic rings. The number of carbonyl (C=O) groups excluding carboxylic acids is 2. The van der Waals surface area contributed by atoms with Gasteiger partial charge in [-0.05, 0) is 80.0 Å². The van der Waals surface area contributed by atoms with Crippen LogP contribution < -0.4 is 16.0 Å². The fraction of sp³-hybridized carbons (Fsp3) is 0.302. The molecule has 3 N–H and O–H groups in total. The Morgan fingerprint density at radius 2 is 0.721 bits per heavy atom. The van der Waals surface area contributed by atoms with E-state index in [0.29, 0.717) is 37.0 Å². The number of carbonyl (C=O) groups is 2. The van der Waals surface area contributed by atoms with Crippen molar-refractivity contribution >= 4 is 29.8 Å². The van der Waals surface area contributed by atoms with Gasteiger partial charge in [-0.15, -0.1) is 0 Å². The van der Waals surface area contributed by atoms with E-state index < -0.39 is 0 Å². The van der Waals surface area contributed by atoms with Gasteiger partial charge >= 0.3 is 0 Å². The van der Waals surface area contributed by atoms with E-state index in [1.165, 1.54) is 73.6 Å². The summed E-state index contributed by atoms with van der Waals surface area (Å²) < 4.78 is 0. The Labute approximate surface area is 406 Å². The van der Waals surface area contributed by atoms with Gasteiger partial charge in [0.2, 0.25) is 0 Å². The summed E-state index contributed by atoms with van der Waals surface area (Å²) >= 11 is 0. The lowest BCUT2D eigenvalue weighted by Crippen LogP contribution is -2.44. The van der Waals surface area contributed by atoms with Crippen LogP contribution in [-0.4, -0.2) is 47.8 Å².